The molecule has 0 atom stereocenters. The van der Waals surface area contributed by atoms with Gasteiger partial charge in [-0.05, 0) is 37.8 Å². The maximum Gasteiger partial charge on any atom is 0.255 e. The Morgan fingerprint density at radius 3 is 3.00 bits per heavy atom. The van der Waals surface area contributed by atoms with Crippen LogP contribution in [-0.2, 0) is 25.8 Å². The molecular weight excluding hydrogens is 188 g/mol. The lowest BCUT2D eigenvalue weighted by atomic mass is 10.1. The zero-order valence-corrected chi connectivity index (χ0v) is 8.92. The zero-order valence-electron chi connectivity index (χ0n) is 8.92. The molecule has 1 heterocycles. The van der Waals surface area contributed by atoms with E-state index in [4.69, 9.17) is 5.26 Å². The van der Waals surface area contributed by atoms with E-state index in [9.17, 15) is 4.79 Å². The second-order valence-corrected chi connectivity index (χ2v) is 3.88. The first-order chi connectivity index (χ1) is 7.27. The maximum atomic E-state index is 12.0. The Bertz CT molecular complexity index is 480. The molecule has 0 radical (unpaired) electrons. The molecule has 3 heteroatoms. The molecule has 0 saturated heterocycles. The maximum absolute atomic E-state index is 12.0. The topological polar surface area (TPSA) is 45.8 Å². The van der Waals surface area contributed by atoms with Crippen molar-refractivity contribution < 1.29 is 0 Å². The first kappa shape index (κ1) is 9.97. The van der Waals surface area contributed by atoms with Gasteiger partial charge in [-0.25, -0.2) is 0 Å². The Balaban J connectivity index is 2.63. The summed E-state index contributed by atoms with van der Waals surface area (Å²) in [5.74, 6) is 0. The average molecular weight is 202 g/mol. The third kappa shape index (κ3) is 1.56. The van der Waals surface area contributed by atoms with Gasteiger partial charge in [-0.1, -0.05) is 0 Å². The Hall–Kier alpha value is -1.56. The molecule has 15 heavy (non-hydrogen) atoms. The van der Waals surface area contributed by atoms with Crippen molar-refractivity contribution in [2.75, 3.05) is 0 Å². The van der Waals surface area contributed by atoms with Gasteiger partial charge in [-0.15, -0.1) is 0 Å². The van der Waals surface area contributed by atoms with Crippen LogP contribution in [0.15, 0.2) is 10.9 Å². The summed E-state index contributed by atoms with van der Waals surface area (Å²) in [5.41, 5.74) is 3.13. The second-order valence-electron chi connectivity index (χ2n) is 3.88. The monoisotopic (exact) mass is 202 g/mol. The number of nitriles is 1. The number of pyridine rings is 1. The lowest BCUT2D eigenvalue weighted by molar-refractivity contribution is 0.675. The van der Waals surface area contributed by atoms with Gasteiger partial charge >= 0.3 is 0 Å². The molecule has 0 bridgehead atoms. The highest BCUT2D eigenvalue weighted by atomic mass is 16.1. The summed E-state index contributed by atoms with van der Waals surface area (Å²) in [4.78, 5) is 12.0. The van der Waals surface area contributed by atoms with Crippen LogP contribution in [0.3, 0.4) is 0 Å². The van der Waals surface area contributed by atoms with Gasteiger partial charge in [-0.3, -0.25) is 4.79 Å². The van der Waals surface area contributed by atoms with E-state index >= 15 is 0 Å². The molecule has 3 nitrogen and oxygen atoms in total. The first-order valence-electron chi connectivity index (χ1n) is 5.39. The van der Waals surface area contributed by atoms with Crippen LogP contribution in [0.1, 0.15) is 30.2 Å². The minimum atomic E-state index is 0.0275. The highest BCUT2D eigenvalue weighted by molar-refractivity contribution is 5.31. The third-order valence-corrected chi connectivity index (χ3v) is 3.01. The highest BCUT2D eigenvalue weighted by Crippen LogP contribution is 2.21. The van der Waals surface area contributed by atoms with Gasteiger partial charge in [0.2, 0.25) is 0 Å². The van der Waals surface area contributed by atoms with E-state index in [0.29, 0.717) is 12.1 Å². The van der Waals surface area contributed by atoms with Crippen LogP contribution in [0.5, 0.6) is 0 Å². The van der Waals surface area contributed by atoms with Crippen LogP contribution >= 0.6 is 0 Å². The summed E-state index contributed by atoms with van der Waals surface area (Å²) < 4.78 is 1.83. The minimum Gasteiger partial charge on any atom is -0.312 e. The summed E-state index contributed by atoms with van der Waals surface area (Å²) in [6.07, 6.45) is 3.41. The fourth-order valence-electron chi connectivity index (χ4n) is 2.33. The van der Waals surface area contributed by atoms with E-state index in [1.54, 1.807) is 0 Å². The predicted octanol–water partition coefficient (Wildman–Crippen LogP) is 1.42. The molecule has 78 valence electrons. The van der Waals surface area contributed by atoms with E-state index in [1.807, 2.05) is 17.6 Å². The average Bonchev–Trinajstić information content (AvgIpc) is 2.67. The number of rotatable bonds is 2. The van der Waals surface area contributed by atoms with Crippen molar-refractivity contribution in [3.8, 4) is 6.07 Å². The van der Waals surface area contributed by atoms with Gasteiger partial charge in [0.15, 0.2) is 0 Å². The lowest BCUT2D eigenvalue weighted by Gasteiger charge is -2.11. The van der Waals surface area contributed by atoms with Crippen LogP contribution in [0.2, 0.25) is 0 Å². The largest absolute Gasteiger partial charge is 0.312 e. The predicted molar refractivity (Wildman–Crippen MR) is 57.7 cm³/mol. The van der Waals surface area contributed by atoms with Gasteiger partial charge in [0.1, 0.15) is 0 Å². The van der Waals surface area contributed by atoms with Crippen LogP contribution in [-0.4, -0.2) is 4.57 Å². The standard InChI is InChI=1S/C12H14N2O/c1-2-14-11-5-3-4-9(11)8-10(6-7-13)12(14)15/h8H,2-6H2,1H3. The van der Waals surface area contributed by atoms with Gasteiger partial charge in [-0.2, -0.15) is 5.26 Å². The van der Waals surface area contributed by atoms with Gasteiger partial charge < -0.3 is 4.57 Å². The number of nitrogens with zero attached hydrogens (tertiary/aromatic N) is 2. The van der Waals surface area contributed by atoms with Crippen LogP contribution in [0, 0.1) is 11.3 Å². The smallest absolute Gasteiger partial charge is 0.255 e. The molecule has 1 aromatic rings. The Morgan fingerprint density at radius 2 is 2.33 bits per heavy atom. The molecule has 0 unspecified atom stereocenters. The molecule has 0 spiro atoms. The van der Waals surface area contributed by atoms with Crippen molar-refractivity contribution in [2.24, 2.45) is 0 Å². The third-order valence-electron chi connectivity index (χ3n) is 3.01. The molecule has 0 amide bonds. The summed E-state index contributed by atoms with van der Waals surface area (Å²) in [6, 6.07) is 3.98. The number of aromatic nitrogens is 1. The molecular formula is C12H14N2O. The first-order valence-corrected chi connectivity index (χ1v) is 5.39. The Labute approximate surface area is 89.0 Å². The fourth-order valence-corrected chi connectivity index (χ4v) is 2.33. The lowest BCUT2D eigenvalue weighted by Crippen LogP contribution is -2.26. The van der Waals surface area contributed by atoms with Crippen molar-refractivity contribution in [1.82, 2.24) is 4.57 Å². The number of fused-ring (bicyclic) bond motifs is 1. The summed E-state index contributed by atoms with van der Waals surface area (Å²) in [5, 5.41) is 8.66. The molecule has 1 aromatic heterocycles. The molecule has 0 fully saturated rings. The summed E-state index contributed by atoms with van der Waals surface area (Å²) in [7, 11) is 0. The molecule has 0 N–H and O–H groups in total. The molecule has 0 aromatic carbocycles. The van der Waals surface area contributed by atoms with Crippen molar-refractivity contribution in [2.45, 2.75) is 39.2 Å². The number of aryl methyl sites for hydroxylation is 1. The van der Waals surface area contributed by atoms with Gasteiger partial charge in [0.25, 0.3) is 5.56 Å². The van der Waals surface area contributed by atoms with Crippen LogP contribution in [0.25, 0.3) is 0 Å². The fraction of sp³-hybridized carbons (Fsp3) is 0.500. The van der Waals surface area contributed by atoms with Gasteiger partial charge in [0.05, 0.1) is 12.5 Å². The zero-order chi connectivity index (χ0) is 10.8. The Morgan fingerprint density at radius 1 is 1.53 bits per heavy atom. The van der Waals surface area contributed by atoms with Crippen molar-refractivity contribution >= 4 is 0 Å². The van der Waals surface area contributed by atoms with E-state index in [2.05, 4.69) is 6.07 Å². The van der Waals surface area contributed by atoms with E-state index in [0.717, 1.165) is 19.3 Å². The number of hydrogen-bond donors (Lipinski definition) is 0. The summed E-state index contributed by atoms with van der Waals surface area (Å²) >= 11 is 0. The van der Waals surface area contributed by atoms with E-state index in [1.165, 1.54) is 11.3 Å². The van der Waals surface area contributed by atoms with E-state index in [-0.39, 0.29) is 12.0 Å². The van der Waals surface area contributed by atoms with Gasteiger partial charge in [0, 0.05) is 17.8 Å². The summed E-state index contributed by atoms with van der Waals surface area (Å²) in [6.45, 7) is 2.69. The SMILES string of the molecule is CCn1c2c(cc(CC#N)c1=O)CCC2. The van der Waals surface area contributed by atoms with Crippen LogP contribution < -0.4 is 5.56 Å². The molecule has 1 aliphatic carbocycles. The molecule has 0 saturated carbocycles. The quantitative estimate of drug-likeness (QED) is 0.728. The van der Waals surface area contributed by atoms with Crippen molar-refractivity contribution in [3.63, 3.8) is 0 Å². The highest BCUT2D eigenvalue weighted by Gasteiger charge is 2.17. The molecule has 1 aliphatic rings. The normalized spacial score (nSPS) is 13.6. The Kier molecular flexibility index (Phi) is 2.59. The molecule has 2 rings (SSSR count). The minimum absolute atomic E-state index is 0.0275. The van der Waals surface area contributed by atoms with E-state index < -0.39 is 0 Å². The van der Waals surface area contributed by atoms with Crippen LogP contribution in [0.4, 0.5) is 0 Å². The van der Waals surface area contributed by atoms with Crippen molar-refractivity contribution in [1.29, 1.82) is 5.26 Å². The number of hydrogen-bond acceptors (Lipinski definition) is 2. The van der Waals surface area contributed by atoms with Crippen molar-refractivity contribution in [3.05, 3.63) is 33.2 Å². The second kappa shape index (κ2) is 3.90. The molecule has 0 aliphatic heterocycles.